The Morgan fingerprint density at radius 1 is 1.39 bits per heavy atom. The molecular weight excluding hydrogens is 332 g/mol. The number of rotatable bonds is 5. The van der Waals surface area contributed by atoms with Crippen LogP contribution in [0.4, 0.5) is 0 Å². The normalized spacial score (nSPS) is 14.9. The van der Waals surface area contributed by atoms with Crippen LogP contribution in [0, 0.1) is 6.92 Å². The lowest BCUT2D eigenvalue weighted by Gasteiger charge is -2.14. The molecule has 3 heterocycles. The topological polar surface area (TPSA) is 76.3 Å². The van der Waals surface area contributed by atoms with Gasteiger partial charge in [0.25, 0.3) is 5.56 Å². The summed E-state index contributed by atoms with van der Waals surface area (Å²) in [5, 5.41) is 9.46. The van der Waals surface area contributed by atoms with Crippen molar-refractivity contribution in [2.75, 3.05) is 7.05 Å². The van der Waals surface area contributed by atoms with Crippen molar-refractivity contribution < 1.29 is 0 Å². The van der Waals surface area contributed by atoms with Gasteiger partial charge < -0.3 is 0 Å². The van der Waals surface area contributed by atoms with Gasteiger partial charge in [0.15, 0.2) is 0 Å². The standard InChI is InChI=1S/C14H16N6OS2/c1-8-11(23-18-16-8)7-19(2)6-10-5-12(21)20-14(15-10)22-13(17-20)9-3-4-9/h5,9H,3-4,6-7H2,1-2H3. The summed E-state index contributed by atoms with van der Waals surface area (Å²) in [4.78, 5) is 20.8. The fourth-order valence-corrected chi connectivity index (χ4v) is 4.23. The van der Waals surface area contributed by atoms with Crippen LogP contribution in [0.1, 0.15) is 40.0 Å². The summed E-state index contributed by atoms with van der Waals surface area (Å²) in [6.45, 7) is 3.32. The molecule has 23 heavy (non-hydrogen) atoms. The van der Waals surface area contributed by atoms with Gasteiger partial charge in [0.2, 0.25) is 4.96 Å². The van der Waals surface area contributed by atoms with Crippen LogP contribution in [-0.2, 0) is 13.1 Å². The van der Waals surface area contributed by atoms with E-state index in [9.17, 15) is 4.79 Å². The van der Waals surface area contributed by atoms with Crippen LogP contribution in [0.15, 0.2) is 10.9 Å². The molecule has 1 fully saturated rings. The lowest BCUT2D eigenvalue weighted by molar-refractivity contribution is 0.317. The molecular formula is C14H16N6OS2. The highest BCUT2D eigenvalue weighted by Gasteiger charge is 2.28. The monoisotopic (exact) mass is 348 g/mol. The molecule has 1 saturated carbocycles. The molecule has 4 rings (SSSR count). The summed E-state index contributed by atoms with van der Waals surface area (Å²) >= 11 is 2.95. The third-order valence-electron chi connectivity index (χ3n) is 3.83. The van der Waals surface area contributed by atoms with E-state index in [2.05, 4.69) is 24.6 Å². The molecule has 7 nitrogen and oxygen atoms in total. The van der Waals surface area contributed by atoms with E-state index >= 15 is 0 Å². The second kappa shape index (κ2) is 5.73. The van der Waals surface area contributed by atoms with E-state index in [0.717, 1.165) is 27.8 Å². The highest BCUT2D eigenvalue weighted by atomic mass is 32.1. The molecule has 0 unspecified atom stereocenters. The summed E-state index contributed by atoms with van der Waals surface area (Å²) in [5.74, 6) is 0.536. The maximum absolute atomic E-state index is 12.2. The zero-order valence-electron chi connectivity index (χ0n) is 12.9. The molecule has 9 heteroatoms. The van der Waals surface area contributed by atoms with E-state index in [0.29, 0.717) is 17.4 Å². The van der Waals surface area contributed by atoms with Gasteiger partial charge in [-0.25, -0.2) is 4.98 Å². The fraction of sp³-hybridized carbons (Fsp3) is 0.500. The fourth-order valence-electron chi connectivity index (χ4n) is 2.42. The molecule has 0 N–H and O–H groups in total. The van der Waals surface area contributed by atoms with E-state index < -0.39 is 0 Å². The molecule has 0 atom stereocenters. The molecule has 1 aliphatic rings. The summed E-state index contributed by atoms with van der Waals surface area (Å²) in [6, 6.07) is 1.58. The summed E-state index contributed by atoms with van der Waals surface area (Å²) in [7, 11) is 2.00. The van der Waals surface area contributed by atoms with Crippen LogP contribution in [-0.4, -0.2) is 36.1 Å². The van der Waals surface area contributed by atoms with Gasteiger partial charge in [-0.05, 0) is 38.3 Å². The van der Waals surface area contributed by atoms with Crippen molar-refractivity contribution in [1.82, 2.24) is 29.1 Å². The smallest absolute Gasteiger partial charge is 0.275 e. The van der Waals surface area contributed by atoms with Crippen molar-refractivity contribution in [1.29, 1.82) is 0 Å². The zero-order chi connectivity index (χ0) is 16.0. The molecule has 3 aromatic rings. The molecule has 0 radical (unpaired) electrons. The molecule has 0 bridgehead atoms. The molecule has 0 amide bonds. The minimum Gasteiger partial charge on any atom is -0.295 e. The average Bonchev–Trinajstić information content (AvgIpc) is 3.14. The van der Waals surface area contributed by atoms with Crippen LogP contribution >= 0.6 is 22.9 Å². The van der Waals surface area contributed by atoms with E-state index in [-0.39, 0.29) is 5.56 Å². The molecule has 120 valence electrons. The van der Waals surface area contributed by atoms with Crippen LogP contribution < -0.4 is 5.56 Å². The van der Waals surface area contributed by atoms with Gasteiger partial charge in [0, 0.05) is 25.1 Å². The third kappa shape index (κ3) is 3.04. The van der Waals surface area contributed by atoms with Crippen molar-refractivity contribution in [2.45, 2.75) is 38.8 Å². The lowest BCUT2D eigenvalue weighted by Crippen LogP contribution is -2.21. The Kier molecular flexibility index (Phi) is 3.70. The summed E-state index contributed by atoms with van der Waals surface area (Å²) in [5.41, 5.74) is 1.64. The molecule has 3 aromatic heterocycles. The van der Waals surface area contributed by atoms with Gasteiger partial charge in [-0.1, -0.05) is 15.8 Å². The minimum absolute atomic E-state index is 0.0998. The Morgan fingerprint density at radius 3 is 2.91 bits per heavy atom. The van der Waals surface area contributed by atoms with Gasteiger partial charge in [-0.15, -0.1) is 5.10 Å². The van der Waals surface area contributed by atoms with Crippen molar-refractivity contribution in [3.63, 3.8) is 0 Å². The quantitative estimate of drug-likeness (QED) is 0.700. The zero-order valence-corrected chi connectivity index (χ0v) is 14.5. The van der Waals surface area contributed by atoms with Gasteiger partial charge in [-0.3, -0.25) is 9.69 Å². The van der Waals surface area contributed by atoms with Gasteiger partial charge in [0.1, 0.15) is 5.01 Å². The number of nitrogens with zero attached hydrogens (tertiary/aromatic N) is 6. The Labute approximate surface area is 140 Å². The highest BCUT2D eigenvalue weighted by Crippen LogP contribution is 2.41. The first kappa shape index (κ1) is 14.9. The van der Waals surface area contributed by atoms with Gasteiger partial charge in [0.05, 0.1) is 16.3 Å². The van der Waals surface area contributed by atoms with Crippen molar-refractivity contribution in [3.05, 3.63) is 37.7 Å². The number of hydrogen-bond donors (Lipinski definition) is 0. The van der Waals surface area contributed by atoms with Gasteiger partial charge >= 0.3 is 0 Å². The first-order valence-electron chi connectivity index (χ1n) is 7.46. The first-order valence-corrected chi connectivity index (χ1v) is 9.05. The van der Waals surface area contributed by atoms with Crippen molar-refractivity contribution in [2.24, 2.45) is 0 Å². The maximum Gasteiger partial charge on any atom is 0.275 e. The number of fused-ring (bicyclic) bond motifs is 1. The minimum atomic E-state index is -0.0998. The SMILES string of the molecule is Cc1nnsc1CN(C)Cc1cc(=O)n2nc(C3CC3)sc2n1. The van der Waals surface area contributed by atoms with Gasteiger partial charge in [-0.2, -0.15) is 9.61 Å². The van der Waals surface area contributed by atoms with Crippen molar-refractivity contribution >= 4 is 27.8 Å². The van der Waals surface area contributed by atoms with E-state index in [1.54, 1.807) is 6.07 Å². The first-order chi connectivity index (χ1) is 11.1. The third-order valence-corrected chi connectivity index (χ3v) is 5.71. The molecule has 0 aromatic carbocycles. The Bertz CT molecular complexity index is 910. The summed E-state index contributed by atoms with van der Waals surface area (Å²) < 4.78 is 5.38. The second-order valence-corrected chi connectivity index (χ2v) is 7.77. The highest BCUT2D eigenvalue weighted by molar-refractivity contribution is 7.16. The van der Waals surface area contributed by atoms with Crippen LogP contribution in [0.3, 0.4) is 0 Å². The molecule has 1 aliphatic carbocycles. The Morgan fingerprint density at radius 2 is 2.22 bits per heavy atom. The van der Waals surface area contributed by atoms with E-state index in [1.807, 2.05) is 14.0 Å². The molecule has 0 aliphatic heterocycles. The summed E-state index contributed by atoms with van der Waals surface area (Å²) in [6.07, 6.45) is 2.35. The average molecular weight is 348 g/mol. The van der Waals surface area contributed by atoms with Crippen LogP contribution in [0.25, 0.3) is 4.96 Å². The van der Waals surface area contributed by atoms with E-state index in [4.69, 9.17) is 0 Å². The Balaban J connectivity index is 1.56. The number of hydrogen-bond acceptors (Lipinski definition) is 8. The predicted molar refractivity (Wildman–Crippen MR) is 88.9 cm³/mol. The molecule has 0 saturated heterocycles. The van der Waals surface area contributed by atoms with Crippen molar-refractivity contribution in [3.8, 4) is 0 Å². The number of aromatic nitrogens is 5. The predicted octanol–water partition coefficient (Wildman–Crippen LogP) is 1.82. The second-order valence-electron chi connectivity index (χ2n) is 5.95. The lowest BCUT2D eigenvalue weighted by atomic mass is 10.3. The Hall–Kier alpha value is -1.71. The van der Waals surface area contributed by atoms with Crippen LogP contribution in [0.5, 0.6) is 0 Å². The maximum atomic E-state index is 12.2. The number of aryl methyl sites for hydroxylation is 1. The molecule has 0 spiro atoms. The van der Waals surface area contributed by atoms with Crippen LogP contribution in [0.2, 0.25) is 0 Å². The van der Waals surface area contributed by atoms with E-state index in [1.165, 1.54) is 40.2 Å². The largest absolute Gasteiger partial charge is 0.295 e.